The van der Waals surface area contributed by atoms with Crippen LogP contribution < -0.4 is 0 Å². The Hall–Kier alpha value is -0.330. The average molecular weight is 216 g/mol. The molecule has 0 unspecified atom stereocenters. The van der Waals surface area contributed by atoms with Gasteiger partial charge in [-0.05, 0) is 0 Å². The zero-order chi connectivity index (χ0) is 5.70. The Morgan fingerprint density at radius 3 is 2.43 bits per heavy atom. The van der Waals surface area contributed by atoms with Gasteiger partial charge < -0.3 is 7.80 Å². The molecule has 0 N–H and O–H groups in total. The number of ether oxygens (including phenoxy) is 1. The SMILES string of the molecule is O=COC(=O)OI. The molecule has 0 aliphatic heterocycles. The van der Waals surface area contributed by atoms with Gasteiger partial charge in [0.25, 0.3) is 0 Å². The number of hydrogen-bond donors (Lipinski definition) is 0. The van der Waals surface area contributed by atoms with Crippen LogP contribution in [0.5, 0.6) is 0 Å². The lowest BCUT2D eigenvalue weighted by molar-refractivity contribution is -0.124. The van der Waals surface area contributed by atoms with Gasteiger partial charge in [0.05, 0.1) is 0 Å². The maximum absolute atomic E-state index is 9.73. The Labute approximate surface area is 53.5 Å². The van der Waals surface area contributed by atoms with E-state index < -0.39 is 6.16 Å². The summed E-state index contributed by atoms with van der Waals surface area (Å²) < 4.78 is 7.51. The highest BCUT2D eigenvalue weighted by Gasteiger charge is 1.95. The molecule has 0 heterocycles. The lowest BCUT2D eigenvalue weighted by Gasteiger charge is -1.85. The molecule has 7 heavy (non-hydrogen) atoms. The molecule has 0 aromatic rings. The van der Waals surface area contributed by atoms with Crippen molar-refractivity contribution in [1.82, 2.24) is 0 Å². The number of hydrogen-bond acceptors (Lipinski definition) is 4. The van der Waals surface area contributed by atoms with Crippen molar-refractivity contribution in [2.45, 2.75) is 0 Å². The summed E-state index contributed by atoms with van der Waals surface area (Å²) in [6.45, 7) is 0.000987. The maximum Gasteiger partial charge on any atom is 0.525 e. The van der Waals surface area contributed by atoms with Gasteiger partial charge in [-0.25, -0.2) is 4.79 Å². The van der Waals surface area contributed by atoms with Crippen LogP contribution in [0, 0.1) is 0 Å². The molecule has 0 amide bonds. The fraction of sp³-hybridized carbons (Fsp3) is 0. The highest BCUT2D eigenvalue weighted by molar-refractivity contribution is 14.1. The summed E-state index contributed by atoms with van der Waals surface area (Å²) in [5.74, 6) is 0. The van der Waals surface area contributed by atoms with Crippen LogP contribution in [0.2, 0.25) is 0 Å². The van der Waals surface area contributed by atoms with E-state index >= 15 is 0 Å². The summed E-state index contributed by atoms with van der Waals surface area (Å²) >= 11 is 1.30. The first kappa shape index (κ1) is 6.67. The minimum atomic E-state index is -1.00. The van der Waals surface area contributed by atoms with Crippen molar-refractivity contribution in [3.63, 3.8) is 0 Å². The number of carbonyl (C=O) groups excluding carboxylic acids is 2. The van der Waals surface area contributed by atoms with Crippen molar-refractivity contribution in [3.05, 3.63) is 0 Å². The van der Waals surface area contributed by atoms with Gasteiger partial charge in [-0.1, -0.05) is 0 Å². The van der Waals surface area contributed by atoms with Crippen molar-refractivity contribution < 1.29 is 17.4 Å². The van der Waals surface area contributed by atoms with E-state index in [1.54, 1.807) is 0 Å². The minimum Gasteiger partial charge on any atom is -0.363 e. The van der Waals surface area contributed by atoms with Crippen LogP contribution in [0.1, 0.15) is 0 Å². The Kier molecular flexibility index (Phi) is 3.67. The van der Waals surface area contributed by atoms with E-state index in [0.29, 0.717) is 0 Å². The second-order valence-electron chi connectivity index (χ2n) is 0.541. The van der Waals surface area contributed by atoms with Crippen molar-refractivity contribution >= 4 is 35.6 Å². The van der Waals surface area contributed by atoms with Gasteiger partial charge in [0.15, 0.2) is 23.0 Å². The molecule has 0 saturated heterocycles. The van der Waals surface area contributed by atoms with Gasteiger partial charge in [0.1, 0.15) is 0 Å². The number of rotatable bonds is 1. The van der Waals surface area contributed by atoms with Gasteiger partial charge in [0, 0.05) is 0 Å². The molecule has 0 radical (unpaired) electrons. The first-order chi connectivity index (χ1) is 3.31. The van der Waals surface area contributed by atoms with E-state index in [1.807, 2.05) is 0 Å². The van der Waals surface area contributed by atoms with Crippen molar-refractivity contribution in [3.8, 4) is 0 Å². The summed E-state index contributed by atoms with van der Waals surface area (Å²) in [7, 11) is 0. The molecule has 4 nitrogen and oxygen atoms in total. The molecule has 0 spiro atoms. The second-order valence-corrected chi connectivity index (χ2v) is 0.982. The third-order valence-corrected chi connectivity index (χ3v) is 0.567. The van der Waals surface area contributed by atoms with Crippen molar-refractivity contribution in [2.75, 3.05) is 0 Å². The van der Waals surface area contributed by atoms with Crippen LogP contribution in [0.3, 0.4) is 0 Å². The molecule has 0 saturated carbocycles. The third kappa shape index (κ3) is 3.50. The van der Waals surface area contributed by atoms with Gasteiger partial charge in [-0.15, -0.1) is 0 Å². The smallest absolute Gasteiger partial charge is 0.363 e. The maximum atomic E-state index is 9.73. The predicted molar refractivity (Wildman–Crippen MR) is 27.6 cm³/mol. The zero-order valence-corrected chi connectivity index (χ0v) is 5.25. The van der Waals surface area contributed by atoms with Crippen LogP contribution in [0.15, 0.2) is 0 Å². The second kappa shape index (κ2) is 3.85. The molecule has 0 atom stereocenters. The Balaban J connectivity index is 3.17. The first-order valence-electron chi connectivity index (χ1n) is 1.24. The number of carbonyl (C=O) groups is 2. The summed E-state index contributed by atoms with van der Waals surface area (Å²) in [4.78, 5) is 19.0. The van der Waals surface area contributed by atoms with Crippen molar-refractivity contribution in [1.29, 1.82) is 0 Å². The normalized spacial score (nSPS) is 7.00. The van der Waals surface area contributed by atoms with E-state index in [9.17, 15) is 9.59 Å². The van der Waals surface area contributed by atoms with Crippen LogP contribution in [-0.4, -0.2) is 12.6 Å². The summed E-state index contributed by atoms with van der Waals surface area (Å²) in [5.41, 5.74) is 0. The van der Waals surface area contributed by atoms with E-state index in [2.05, 4.69) is 7.80 Å². The summed E-state index contributed by atoms with van der Waals surface area (Å²) in [6, 6.07) is 0. The molecule has 0 aliphatic rings. The minimum absolute atomic E-state index is 0.000987. The highest BCUT2D eigenvalue weighted by atomic mass is 127. The standard InChI is InChI=1S/C2HIO4/c3-7-2(5)6-1-4/h1H. The van der Waals surface area contributed by atoms with Crippen LogP contribution >= 0.6 is 23.0 Å². The van der Waals surface area contributed by atoms with Crippen LogP contribution in [0.25, 0.3) is 0 Å². The molecule has 0 aromatic heterocycles. The Morgan fingerprint density at radius 1 is 1.71 bits per heavy atom. The predicted octanol–water partition coefficient (Wildman–Crippen LogP) is 0.646. The molecule has 0 aliphatic carbocycles. The van der Waals surface area contributed by atoms with E-state index in [4.69, 9.17) is 0 Å². The molecular formula is C2HIO4. The lowest BCUT2D eigenvalue weighted by Crippen LogP contribution is -1.97. The largest absolute Gasteiger partial charge is 0.525 e. The molecule has 0 aromatic carbocycles. The average Bonchev–Trinajstić information content (AvgIpc) is 1.68. The van der Waals surface area contributed by atoms with Gasteiger partial charge in [-0.3, -0.25) is 4.79 Å². The van der Waals surface area contributed by atoms with E-state index in [1.165, 1.54) is 23.0 Å². The molecule has 0 bridgehead atoms. The monoisotopic (exact) mass is 216 g/mol. The lowest BCUT2D eigenvalue weighted by atomic mass is 11.3. The third-order valence-electron chi connectivity index (χ3n) is 0.207. The molecule has 0 rings (SSSR count). The highest BCUT2D eigenvalue weighted by Crippen LogP contribution is 1.87. The fourth-order valence-corrected chi connectivity index (χ4v) is 0.161. The van der Waals surface area contributed by atoms with Gasteiger partial charge >= 0.3 is 12.6 Å². The molecule has 0 fully saturated rings. The van der Waals surface area contributed by atoms with Crippen LogP contribution in [-0.2, 0) is 12.6 Å². The first-order valence-corrected chi connectivity index (χ1v) is 2.12. The summed E-state index contributed by atoms with van der Waals surface area (Å²) in [5, 5.41) is 0. The van der Waals surface area contributed by atoms with E-state index in [-0.39, 0.29) is 6.47 Å². The summed E-state index contributed by atoms with van der Waals surface area (Å²) in [6.07, 6.45) is -1.00. The Morgan fingerprint density at radius 2 is 2.29 bits per heavy atom. The topological polar surface area (TPSA) is 52.6 Å². The quantitative estimate of drug-likeness (QED) is 0.279. The van der Waals surface area contributed by atoms with Gasteiger partial charge in [0.2, 0.25) is 0 Å². The Bertz CT molecular complexity index is 79.8. The van der Waals surface area contributed by atoms with E-state index in [0.717, 1.165) is 0 Å². The van der Waals surface area contributed by atoms with Gasteiger partial charge in [-0.2, -0.15) is 0 Å². The number of halogens is 1. The zero-order valence-electron chi connectivity index (χ0n) is 3.09. The molecule has 5 heteroatoms. The van der Waals surface area contributed by atoms with Crippen molar-refractivity contribution in [2.24, 2.45) is 0 Å². The van der Waals surface area contributed by atoms with Crippen LogP contribution in [0.4, 0.5) is 4.79 Å². The molecular weight excluding hydrogens is 215 g/mol. The fourth-order valence-electron chi connectivity index (χ4n) is 0.0575. The molecule has 40 valence electrons.